The smallest absolute Gasteiger partial charge is 0.186 e. The number of hydrogen-bond donors (Lipinski definition) is 5. The monoisotopic (exact) mass is 197 g/mol. The standard InChI is InChI=1S/C8H15N5O/c9-3-1-4(10)8(13)6(14)2-5(11)7(3)12/h3H,1-2,9-13H2. The van der Waals surface area contributed by atoms with Crippen molar-refractivity contribution in [2.45, 2.75) is 18.9 Å². The van der Waals surface area contributed by atoms with E-state index < -0.39 is 6.04 Å². The zero-order chi connectivity index (χ0) is 10.9. The van der Waals surface area contributed by atoms with E-state index in [-0.39, 0.29) is 35.7 Å². The highest BCUT2D eigenvalue weighted by atomic mass is 16.1. The number of carbonyl (C=O) groups excluding carboxylic acids is 1. The molecule has 1 aliphatic carbocycles. The van der Waals surface area contributed by atoms with Crippen molar-refractivity contribution in [3.05, 3.63) is 22.8 Å². The maximum atomic E-state index is 11.4. The van der Waals surface area contributed by atoms with Crippen molar-refractivity contribution in [1.29, 1.82) is 0 Å². The van der Waals surface area contributed by atoms with Crippen LogP contribution in [0.5, 0.6) is 0 Å². The number of ketones is 1. The Morgan fingerprint density at radius 1 is 1.07 bits per heavy atom. The van der Waals surface area contributed by atoms with E-state index in [0.717, 1.165) is 0 Å². The van der Waals surface area contributed by atoms with Crippen molar-refractivity contribution in [3.63, 3.8) is 0 Å². The molecule has 6 nitrogen and oxygen atoms in total. The van der Waals surface area contributed by atoms with Crippen molar-refractivity contribution >= 4 is 5.78 Å². The molecule has 0 spiro atoms. The largest absolute Gasteiger partial charge is 0.400 e. The number of allylic oxidation sites excluding steroid dienone is 2. The molecule has 1 rings (SSSR count). The van der Waals surface area contributed by atoms with Crippen molar-refractivity contribution < 1.29 is 4.79 Å². The van der Waals surface area contributed by atoms with Gasteiger partial charge in [-0.25, -0.2) is 0 Å². The van der Waals surface area contributed by atoms with Crippen LogP contribution in [0.3, 0.4) is 0 Å². The molecule has 0 fully saturated rings. The molecule has 0 aromatic heterocycles. The zero-order valence-electron chi connectivity index (χ0n) is 7.79. The first-order chi connectivity index (χ1) is 6.43. The van der Waals surface area contributed by atoms with Crippen LogP contribution in [0, 0.1) is 0 Å². The van der Waals surface area contributed by atoms with Crippen LogP contribution in [-0.4, -0.2) is 11.8 Å². The van der Waals surface area contributed by atoms with Gasteiger partial charge in [0, 0.05) is 23.5 Å². The van der Waals surface area contributed by atoms with E-state index in [0.29, 0.717) is 5.70 Å². The molecule has 1 aliphatic rings. The average Bonchev–Trinajstić information content (AvgIpc) is 2.13. The van der Waals surface area contributed by atoms with Gasteiger partial charge in [-0.05, 0) is 0 Å². The van der Waals surface area contributed by atoms with Gasteiger partial charge in [0.15, 0.2) is 5.78 Å². The van der Waals surface area contributed by atoms with Gasteiger partial charge in [0.2, 0.25) is 0 Å². The number of carbonyl (C=O) groups is 1. The molecule has 0 aromatic carbocycles. The Labute approximate surface area is 81.8 Å². The lowest BCUT2D eigenvalue weighted by molar-refractivity contribution is -0.115. The highest BCUT2D eigenvalue weighted by Crippen LogP contribution is 2.14. The van der Waals surface area contributed by atoms with Gasteiger partial charge >= 0.3 is 0 Å². The van der Waals surface area contributed by atoms with Crippen LogP contribution < -0.4 is 28.7 Å². The van der Waals surface area contributed by atoms with E-state index in [4.69, 9.17) is 28.7 Å². The highest BCUT2D eigenvalue weighted by Gasteiger charge is 2.20. The second kappa shape index (κ2) is 3.59. The van der Waals surface area contributed by atoms with Gasteiger partial charge in [0.05, 0.1) is 18.2 Å². The summed E-state index contributed by atoms with van der Waals surface area (Å²) in [7, 11) is 0. The van der Waals surface area contributed by atoms with Gasteiger partial charge in [-0.2, -0.15) is 0 Å². The fourth-order valence-corrected chi connectivity index (χ4v) is 1.24. The third kappa shape index (κ3) is 1.80. The molecule has 10 N–H and O–H groups in total. The molecule has 6 heteroatoms. The van der Waals surface area contributed by atoms with Gasteiger partial charge in [0.1, 0.15) is 0 Å². The molecule has 0 heterocycles. The summed E-state index contributed by atoms with van der Waals surface area (Å²) in [6, 6.07) is -0.471. The van der Waals surface area contributed by atoms with Crippen LogP contribution in [0.1, 0.15) is 12.8 Å². The summed E-state index contributed by atoms with van der Waals surface area (Å²) < 4.78 is 0. The molecule has 0 aromatic rings. The minimum Gasteiger partial charge on any atom is -0.400 e. The first kappa shape index (κ1) is 10.4. The minimum absolute atomic E-state index is 0.0218. The summed E-state index contributed by atoms with van der Waals surface area (Å²) in [5.74, 6) is -0.310. The van der Waals surface area contributed by atoms with E-state index >= 15 is 0 Å². The quantitative estimate of drug-likeness (QED) is 0.301. The molecule has 0 radical (unpaired) electrons. The average molecular weight is 197 g/mol. The molecule has 14 heavy (non-hydrogen) atoms. The zero-order valence-corrected chi connectivity index (χ0v) is 7.79. The van der Waals surface area contributed by atoms with E-state index in [1.165, 1.54) is 0 Å². The lowest BCUT2D eigenvalue weighted by atomic mass is 9.99. The Balaban J connectivity index is 3.07. The van der Waals surface area contributed by atoms with Gasteiger partial charge in [-0.1, -0.05) is 0 Å². The van der Waals surface area contributed by atoms with Crippen LogP contribution in [0.25, 0.3) is 0 Å². The fraction of sp³-hybridized carbons (Fsp3) is 0.375. The summed E-state index contributed by atoms with van der Waals surface area (Å²) in [5.41, 5.74) is 28.8. The Morgan fingerprint density at radius 3 is 2.21 bits per heavy atom. The van der Waals surface area contributed by atoms with Crippen LogP contribution in [-0.2, 0) is 4.79 Å². The van der Waals surface area contributed by atoms with Crippen molar-refractivity contribution in [2.75, 3.05) is 0 Å². The van der Waals surface area contributed by atoms with Gasteiger partial charge in [-0.3, -0.25) is 4.79 Å². The second-order valence-electron chi connectivity index (χ2n) is 3.33. The van der Waals surface area contributed by atoms with Gasteiger partial charge < -0.3 is 28.7 Å². The summed E-state index contributed by atoms with van der Waals surface area (Å²) >= 11 is 0. The van der Waals surface area contributed by atoms with E-state index in [1.54, 1.807) is 0 Å². The van der Waals surface area contributed by atoms with Gasteiger partial charge in [0.25, 0.3) is 0 Å². The second-order valence-corrected chi connectivity index (χ2v) is 3.33. The normalized spacial score (nSPS) is 24.9. The molecule has 1 unspecified atom stereocenters. The first-order valence-electron chi connectivity index (χ1n) is 4.20. The van der Waals surface area contributed by atoms with Crippen LogP contribution in [0.4, 0.5) is 0 Å². The van der Waals surface area contributed by atoms with E-state index in [9.17, 15) is 4.79 Å². The van der Waals surface area contributed by atoms with Crippen LogP contribution in [0.2, 0.25) is 0 Å². The maximum Gasteiger partial charge on any atom is 0.186 e. The molecule has 0 saturated carbocycles. The van der Waals surface area contributed by atoms with E-state index in [2.05, 4.69) is 0 Å². The Morgan fingerprint density at radius 2 is 1.64 bits per heavy atom. The molecule has 0 saturated heterocycles. The Hall–Kier alpha value is -1.69. The summed E-state index contributed by atoms with van der Waals surface area (Å²) in [4.78, 5) is 11.4. The molecular weight excluding hydrogens is 182 g/mol. The van der Waals surface area contributed by atoms with Gasteiger partial charge in [-0.15, -0.1) is 0 Å². The van der Waals surface area contributed by atoms with Crippen LogP contribution >= 0.6 is 0 Å². The molecule has 0 amide bonds. The number of nitrogens with two attached hydrogens (primary N) is 5. The Bertz CT molecular complexity index is 331. The van der Waals surface area contributed by atoms with Crippen molar-refractivity contribution in [2.24, 2.45) is 28.7 Å². The lowest BCUT2D eigenvalue weighted by Gasteiger charge is -2.19. The summed E-state index contributed by atoms with van der Waals surface area (Å²) in [6.45, 7) is 0. The third-order valence-electron chi connectivity index (χ3n) is 2.21. The predicted octanol–water partition coefficient (Wildman–Crippen LogP) is -2.07. The molecular formula is C8H15N5O. The third-order valence-corrected chi connectivity index (χ3v) is 2.21. The Kier molecular flexibility index (Phi) is 2.66. The molecule has 0 bridgehead atoms. The lowest BCUT2D eigenvalue weighted by Crippen LogP contribution is -2.36. The van der Waals surface area contributed by atoms with Crippen LogP contribution in [0.15, 0.2) is 22.8 Å². The maximum absolute atomic E-state index is 11.4. The number of Topliss-reactive ketones (excluding diaryl/α,β-unsaturated/α-hetero) is 1. The van der Waals surface area contributed by atoms with Crippen molar-refractivity contribution in [1.82, 2.24) is 0 Å². The summed E-state index contributed by atoms with van der Waals surface area (Å²) in [5, 5.41) is 0. The molecule has 78 valence electrons. The predicted molar refractivity (Wildman–Crippen MR) is 53.0 cm³/mol. The molecule has 0 aliphatic heterocycles. The fourth-order valence-electron chi connectivity index (χ4n) is 1.24. The SMILES string of the molecule is NC1=C(N)C(=O)CC(N)=C(N)C(N)C1. The number of rotatable bonds is 0. The van der Waals surface area contributed by atoms with E-state index in [1.807, 2.05) is 0 Å². The topological polar surface area (TPSA) is 147 Å². The first-order valence-corrected chi connectivity index (χ1v) is 4.20. The summed E-state index contributed by atoms with van der Waals surface area (Å²) in [6.07, 6.45) is 0.232. The molecule has 1 atom stereocenters. The minimum atomic E-state index is -0.471. The van der Waals surface area contributed by atoms with Crippen molar-refractivity contribution in [3.8, 4) is 0 Å². The highest BCUT2D eigenvalue weighted by molar-refractivity contribution is 5.96. The number of hydrogen-bond acceptors (Lipinski definition) is 6.